The second-order valence-electron chi connectivity index (χ2n) is 3.03. The molecule has 0 saturated carbocycles. The molecule has 0 atom stereocenters. The fraction of sp³-hybridized carbons (Fsp3) is 0.222. The van der Waals surface area contributed by atoms with Crippen LogP contribution < -0.4 is 5.73 Å². The van der Waals surface area contributed by atoms with E-state index in [1.165, 1.54) is 0 Å². The predicted molar refractivity (Wildman–Crippen MR) is 52.5 cm³/mol. The molecular weight excluding hydrogens is 178 g/mol. The van der Waals surface area contributed by atoms with Gasteiger partial charge in [0.05, 0.1) is 6.54 Å². The highest BCUT2D eigenvalue weighted by atomic mass is 15.1. The molecule has 0 bridgehead atoms. The van der Waals surface area contributed by atoms with Gasteiger partial charge in [0.1, 0.15) is 5.82 Å². The van der Waals surface area contributed by atoms with Crippen LogP contribution in [0.5, 0.6) is 0 Å². The Morgan fingerprint density at radius 2 is 2.21 bits per heavy atom. The number of imidazole rings is 1. The summed E-state index contributed by atoms with van der Waals surface area (Å²) in [5, 5.41) is 0. The van der Waals surface area contributed by atoms with Crippen molar-refractivity contribution in [2.45, 2.75) is 13.5 Å². The van der Waals surface area contributed by atoms with Crippen molar-refractivity contribution < 1.29 is 0 Å². The number of aromatic nitrogens is 4. The minimum absolute atomic E-state index is 0.482. The van der Waals surface area contributed by atoms with Crippen molar-refractivity contribution in [1.82, 2.24) is 19.5 Å². The summed E-state index contributed by atoms with van der Waals surface area (Å²) in [5.74, 6) is 1.23. The van der Waals surface area contributed by atoms with E-state index in [9.17, 15) is 0 Å². The number of nitrogen functional groups attached to an aromatic ring is 1. The highest BCUT2D eigenvalue weighted by Crippen LogP contribution is 2.02. The Kier molecular flexibility index (Phi) is 2.14. The number of nitrogens with two attached hydrogens (primary N) is 1. The third-order valence-corrected chi connectivity index (χ3v) is 1.90. The molecule has 14 heavy (non-hydrogen) atoms. The standard InChI is InChI=1S/C9H11N5/c1-7-2-3-11-8(13-7)6-14-5-4-12-9(14)10/h2-5H,6H2,1H3,(H2,10,12). The smallest absolute Gasteiger partial charge is 0.200 e. The molecule has 5 nitrogen and oxygen atoms in total. The molecule has 0 spiro atoms. The van der Waals surface area contributed by atoms with Crippen LogP contribution in [0, 0.1) is 6.92 Å². The van der Waals surface area contributed by atoms with Gasteiger partial charge in [0.25, 0.3) is 0 Å². The minimum Gasteiger partial charge on any atom is -0.369 e. The summed E-state index contributed by atoms with van der Waals surface area (Å²) in [4.78, 5) is 12.3. The molecular formula is C9H11N5. The monoisotopic (exact) mass is 189 g/mol. The lowest BCUT2D eigenvalue weighted by atomic mass is 10.4. The molecule has 0 radical (unpaired) electrons. The Morgan fingerprint density at radius 1 is 1.36 bits per heavy atom. The van der Waals surface area contributed by atoms with Gasteiger partial charge in [0.15, 0.2) is 0 Å². The van der Waals surface area contributed by atoms with Crippen molar-refractivity contribution in [3.8, 4) is 0 Å². The summed E-state index contributed by atoms with van der Waals surface area (Å²) >= 11 is 0. The summed E-state index contributed by atoms with van der Waals surface area (Å²) in [6.45, 7) is 2.50. The van der Waals surface area contributed by atoms with Gasteiger partial charge in [0.2, 0.25) is 5.95 Å². The van der Waals surface area contributed by atoms with Crippen LogP contribution in [0.2, 0.25) is 0 Å². The number of hydrogen-bond donors (Lipinski definition) is 1. The second kappa shape index (κ2) is 3.45. The van der Waals surface area contributed by atoms with Crippen molar-refractivity contribution in [3.63, 3.8) is 0 Å². The minimum atomic E-state index is 0.482. The van der Waals surface area contributed by atoms with E-state index in [-0.39, 0.29) is 0 Å². The van der Waals surface area contributed by atoms with Crippen molar-refractivity contribution in [1.29, 1.82) is 0 Å². The Hall–Kier alpha value is -1.91. The Balaban J connectivity index is 2.23. The van der Waals surface area contributed by atoms with Crippen LogP contribution in [-0.2, 0) is 6.54 Å². The summed E-state index contributed by atoms with van der Waals surface area (Å²) in [7, 11) is 0. The predicted octanol–water partition coefficient (Wildman–Crippen LogP) is 0.612. The van der Waals surface area contributed by atoms with Gasteiger partial charge in [-0.25, -0.2) is 15.0 Å². The van der Waals surface area contributed by atoms with E-state index in [0.29, 0.717) is 12.5 Å². The largest absolute Gasteiger partial charge is 0.369 e. The number of anilines is 1. The molecule has 0 fully saturated rings. The lowest BCUT2D eigenvalue weighted by Gasteiger charge is -2.03. The number of aryl methyl sites for hydroxylation is 1. The van der Waals surface area contributed by atoms with E-state index in [2.05, 4.69) is 15.0 Å². The molecule has 0 amide bonds. The van der Waals surface area contributed by atoms with E-state index in [4.69, 9.17) is 5.73 Å². The van der Waals surface area contributed by atoms with Gasteiger partial charge < -0.3 is 10.3 Å². The molecule has 2 aromatic rings. The van der Waals surface area contributed by atoms with Crippen LogP contribution in [0.15, 0.2) is 24.7 Å². The third-order valence-electron chi connectivity index (χ3n) is 1.90. The van der Waals surface area contributed by atoms with Gasteiger partial charge >= 0.3 is 0 Å². The lowest BCUT2D eigenvalue weighted by molar-refractivity contribution is 0.748. The molecule has 2 rings (SSSR count). The molecule has 2 N–H and O–H groups in total. The third kappa shape index (κ3) is 1.71. The molecule has 72 valence electrons. The zero-order valence-corrected chi connectivity index (χ0v) is 7.88. The molecule has 0 aliphatic heterocycles. The molecule has 0 unspecified atom stereocenters. The van der Waals surface area contributed by atoms with Gasteiger partial charge in [-0.2, -0.15) is 0 Å². The van der Waals surface area contributed by atoms with Crippen molar-refractivity contribution in [2.75, 3.05) is 5.73 Å². The van der Waals surface area contributed by atoms with Crippen molar-refractivity contribution in [3.05, 3.63) is 36.2 Å². The molecule has 0 aliphatic carbocycles. The van der Waals surface area contributed by atoms with Crippen LogP contribution in [0.25, 0.3) is 0 Å². The molecule has 2 aromatic heterocycles. The number of rotatable bonds is 2. The molecule has 2 heterocycles. The van der Waals surface area contributed by atoms with Gasteiger partial charge in [-0.05, 0) is 13.0 Å². The average molecular weight is 189 g/mol. The maximum absolute atomic E-state index is 5.62. The first-order chi connectivity index (χ1) is 6.75. The van der Waals surface area contributed by atoms with Gasteiger partial charge in [-0.3, -0.25) is 0 Å². The Morgan fingerprint density at radius 3 is 2.86 bits per heavy atom. The zero-order valence-electron chi connectivity index (χ0n) is 7.88. The first-order valence-corrected chi connectivity index (χ1v) is 4.31. The molecule has 0 aromatic carbocycles. The van der Waals surface area contributed by atoms with Gasteiger partial charge in [-0.1, -0.05) is 0 Å². The first kappa shape index (κ1) is 8.68. The van der Waals surface area contributed by atoms with E-state index < -0.39 is 0 Å². The first-order valence-electron chi connectivity index (χ1n) is 4.31. The van der Waals surface area contributed by atoms with Crippen LogP contribution in [0.3, 0.4) is 0 Å². The SMILES string of the molecule is Cc1ccnc(Cn2ccnc2N)n1. The van der Waals surface area contributed by atoms with E-state index in [1.54, 1.807) is 23.2 Å². The Labute approximate surface area is 81.6 Å². The lowest BCUT2D eigenvalue weighted by Crippen LogP contribution is -2.07. The number of hydrogen-bond acceptors (Lipinski definition) is 4. The summed E-state index contributed by atoms with van der Waals surface area (Å²) in [6.07, 6.45) is 5.21. The van der Waals surface area contributed by atoms with Crippen LogP contribution >= 0.6 is 0 Å². The Bertz CT molecular complexity index is 434. The van der Waals surface area contributed by atoms with E-state index in [1.807, 2.05) is 13.0 Å². The van der Waals surface area contributed by atoms with Crippen molar-refractivity contribution >= 4 is 5.95 Å². The highest BCUT2D eigenvalue weighted by molar-refractivity contribution is 5.17. The van der Waals surface area contributed by atoms with Crippen molar-refractivity contribution in [2.24, 2.45) is 0 Å². The normalized spacial score (nSPS) is 10.4. The fourth-order valence-corrected chi connectivity index (χ4v) is 1.20. The summed E-state index contributed by atoms with van der Waals surface area (Å²) in [5.41, 5.74) is 6.58. The summed E-state index contributed by atoms with van der Waals surface area (Å²) < 4.78 is 1.80. The van der Waals surface area contributed by atoms with E-state index in [0.717, 1.165) is 11.5 Å². The van der Waals surface area contributed by atoms with Crippen LogP contribution in [-0.4, -0.2) is 19.5 Å². The number of nitrogens with zero attached hydrogens (tertiary/aromatic N) is 4. The zero-order chi connectivity index (χ0) is 9.97. The fourth-order valence-electron chi connectivity index (χ4n) is 1.20. The maximum atomic E-state index is 5.62. The van der Waals surface area contributed by atoms with E-state index >= 15 is 0 Å². The molecule has 0 saturated heterocycles. The molecule has 0 aliphatic rings. The van der Waals surface area contributed by atoms with Gasteiger partial charge in [-0.15, -0.1) is 0 Å². The van der Waals surface area contributed by atoms with Crippen LogP contribution in [0.1, 0.15) is 11.5 Å². The second-order valence-corrected chi connectivity index (χ2v) is 3.03. The quantitative estimate of drug-likeness (QED) is 0.751. The molecule has 5 heteroatoms. The highest BCUT2D eigenvalue weighted by Gasteiger charge is 2.01. The summed E-state index contributed by atoms with van der Waals surface area (Å²) in [6, 6.07) is 1.86. The topological polar surface area (TPSA) is 69.6 Å². The van der Waals surface area contributed by atoms with Crippen LogP contribution in [0.4, 0.5) is 5.95 Å². The maximum Gasteiger partial charge on any atom is 0.200 e. The average Bonchev–Trinajstić information content (AvgIpc) is 2.52. The van der Waals surface area contributed by atoms with Gasteiger partial charge in [0, 0.05) is 24.3 Å².